The van der Waals surface area contributed by atoms with Crippen molar-refractivity contribution >= 4 is 29.3 Å². The molecule has 0 spiro atoms. The summed E-state index contributed by atoms with van der Waals surface area (Å²) in [7, 11) is 1.47. The highest BCUT2D eigenvalue weighted by atomic mass is 35.5. The molecule has 1 N–H and O–H groups in total. The lowest BCUT2D eigenvalue weighted by Crippen LogP contribution is -2.32. The van der Waals surface area contributed by atoms with Gasteiger partial charge in [0.1, 0.15) is 12.4 Å². The minimum absolute atomic E-state index is 0.0336. The van der Waals surface area contributed by atoms with Crippen molar-refractivity contribution in [2.75, 3.05) is 30.5 Å². The van der Waals surface area contributed by atoms with Crippen LogP contribution in [0, 0.1) is 13.8 Å². The number of hydrogen-bond donors (Lipinski definition) is 1. The molecule has 4 heterocycles. The first-order chi connectivity index (χ1) is 14.9. The smallest absolute Gasteiger partial charge is 0.252 e. The van der Waals surface area contributed by atoms with E-state index >= 15 is 0 Å². The van der Waals surface area contributed by atoms with Crippen molar-refractivity contribution in [3.8, 4) is 11.3 Å². The van der Waals surface area contributed by atoms with Crippen LogP contribution in [0.15, 0.2) is 30.7 Å². The zero-order valence-corrected chi connectivity index (χ0v) is 18.4. The van der Waals surface area contributed by atoms with Crippen molar-refractivity contribution < 1.29 is 9.53 Å². The summed E-state index contributed by atoms with van der Waals surface area (Å²) in [5, 5.41) is 3.21. The van der Waals surface area contributed by atoms with E-state index in [1.807, 2.05) is 26.1 Å². The van der Waals surface area contributed by atoms with Gasteiger partial charge in [0.05, 0.1) is 16.4 Å². The summed E-state index contributed by atoms with van der Waals surface area (Å²) in [5.74, 6) is 0.837. The van der Waals surface area contributed by atoms with Crippen LogP contribution < -0.4 is 10.2 Å². The molecule has 0 saturated carbocycles. The van der Waals surface area contributed by atoms with Crippen LogP contribution in [0.2, 0.25) is 5.02 Å². The Morgan fingerprint density at radius 1 is 1.19 bits per heavy atom. The zero-order valence-electron chi connectivity index (χ0n) is 17.6. The molecule has 0 aliphatic carbocycles. The first kappa shape index (κ1) is 21.1. The molecule has 1 amide bonds. The number of carbonyl (C=O) groups excluding carboxylic acids is 1. The minimum atomic E-state index is -0.280. The first-order valence-electron chi connectivity index (χ1n) is 9.92. The molecule has 3 aromatic heterocycles. The topological polar surface area (TPSA) is 93.1 Å². The summed E-state index contributed by atoms with van der Waals surface area (Å²) in [4.78, 5) is 31.7. The second kappa shape index (κ2) is 8.95. The average Bonchev–Trinajstić information content (AvgIpc) is 2.74. The lowest BCUT2D eigenvalue weighted by atomic mass is 10.0. The lowest BCUT2D eigenvalue weighted by molar-refractivity contribution is -0.119. The van der Waals surface area contributed by atoms with Gasteiger partial charge in [0.15, 0.2) is 0 Å². The van der Waals surface area contributed by atoms with Gasteiger partial charge < -0.3 is 9.64 Å². The van der Waals surface area contributed by atoms with Crippen LogP contribution in [-0.2, 0) is 22.5 Å². The van der Waals surface area contributed by atoms with Gasteiger partial charge in [0.25, 0.3) is 5.91 Å². The molecule has 0 fully saturated rings. The molecular weight excluding hydrogens is 416 g/mol. The van der Waals surface area contributed by atoms with E-state index in [0.29, 0.717) is 23.9 Å². The van der Waals surface area contributed by atoms with Crippen LogP contribution in [0.3, 0.4) is 0 Å². The van der Waals surface area contributed by atoms with Crippen molar-refractivity contribution in [1.82, 2.24) is 19.9 Å². The van der Waals surface area contributed by atoms with Crippen LogP contribution in [0.25, 0.3) is 11.3 Å². The molecule has 0 unspecified atom stereocenters. The van der Waals surface area contributed by atoms with E-state index < -0.39 is 0 Å². The zero-order chi connectivity index (χ0) is 22.0. The van der Waals surface area contributed by atoms with Crippen molar-refractivity contribution in [3.05, 3.63) is 58.1 Å². The minimum Gasteiger partial charge on any atom is -0.375 e. The molecule has 4 rings (SSSR count). The maximum absolute atomic E-state index is 11.7. The molecule has 1 aliphatic heterocycles. The third-order valence-electron chi connectivity index (χ3n) is 5.10. The maximum Gasteiger partial charge on any atom is 0.252 e. The molecule has 0 radical (unpaired) electrons. The number of anilines is 2. The van der Waals surface area contributed by atoms with Gasteiger partial charge in [0, 0.05) is 56.3 Å². The summed E-state index contributed by atoms with van der Waals surface area (Å²) < 4.78 is 4.82. The molecule has 0 saturated heterocycles. The number of fused-ring (bicyclic) bond motifs is 1. The molecule has 0 bridgehead atoms. The van der Waals surface area contributed by atoms with E-state index in [4.69, 9.17) is 16.3 Å². The Kier molecular flexibility index (Phi) is 6.11. The van der Waals surface area contributed by atoms with Crippen LogP contribution in [0.1, 0.15) is 22.4 Å². The number of ether oxygens (including phenoxy) is 1. The number of aromatic nitrogens is 4. The number of carbonyl (C=O) groups is 1. The molecule has 0 atom stereocenters. The third kappa shape index (κ3) is 4.65. The van der Waals surface area contributed by atoms with Crippen molar-refractivity contribution in [1.29, 1.82) is 0 Å². The molecule has 160 valence electrons. The van der Waals surface area contributed by atoms with E-state index in [-0.39, 0.29) is 12.5 Å². The fourth-order valence-corrected chi connectivity index (χ4v) is 3.84. The number of rotatable bonds is 5. The third-order valence-corrected chi connectivity index (χ3v) is 5.40. The Morgan fingerprint density at radius 2 is 2.03 bits per heavy atom. The summed E-state index contributed by atoms with van der Waals surface area (Å²) in [6.45, 7) is 5.38. The molecule has 1 aliphatic rings. The normalized spacial score (nSPS) is 13.1. The molecule has 3 aromatic rings. The Morgan fingerprint density at radius 3 is 2.81 bits per heavy atom. The number of pyridine rings is 2. The van der Waals surface area contributed by atoms with Crippen molar-refractivity contribution in [2.24, 2.45) is 0 Å². The molecule has 31 heavy (non-hydrogen) atoms. The Balaban J connectivity index is 1.56. The Labute approximate surface area is 185 Å². The van der Waals surface area contributed by atoms with Gasteiger partial charge >= 0.3 is 0 Å². The number of methoxy groups -OCH3 is 1. The fourth-order valence-electron chi connectivity index (χ4n) is 3.64. The number of hydrogen-bond acceptors (Lipinski definition) is 7. The standard InChI is InChI=1S/C22H23ClN6O2/c1-13-6-14(2)21(25-8-13)16-7-19(24-10-17(16)23)29-5-4-18-15(11-29)9-26-22(27-18)28-20(30)12-31-3/h6-10H,4-5,11-12H2,1-3H3,(H,26,27,28,30). The summed E-state index contributed by atoms with van der Waals surface area (Å²) in [6.07, 6.45) is 5.98. The van der Waals surface area contributed by atoms with Gasteiger partial charge in [-0.2, -0.15) is 0 Å². The maximum atomic E-state index is 11.7. The van der Waals surface area contributed by atoms with E-state index in [1.165, 1.54) is 7.11 Å². The highest BCUT2D eigenvalue weighted by Gasteiger charge is 2.21. The number of nitrogens with one attached hydrogen (secondary N) is 1. The fraction of sp³-hybridized carbons (Fsp3) is 0.318. The van der Waals surface area contributed by atoms with Gasteiger partial charge in [-0.15, -0.1) is 0 Å². The van der Waals surface area contributed by atoms with Gasteiger partial charge in [-0.05, 0) is 31.0 Å². The predicted molar refractivity (Wildman–Crippen MR) is 119 cm³/mol. The summed E-state index contributed by atoms with van der Waals surface area (Å²) in [5.41, 5.74) is 5.82. The number of nitrogens with zero attached hydrogens (tertiary/aromatic N) is 5. The SMILES string of the molecule is COCC(=O)Nc1ncc2c(n1)CCN(c1cc(-c3ncc(C)cc3C)c(Cl)cn1)C2. The van der Waals surface area contributed by atoms with Crippen LogP contribution in [-0.4, -0.2) is 46.1 Å². The molecule has 0 aromatic carbocycles. The van der Waals surface area contributed by atoms with Crippen LogP contribution in [0.4, 0.5) is 11.8 Å². The summed E-state index contributed by atoms with van der Waals surface area (Å²) in [6, 6.07) is 4.08. The van der Waals surface area contributed by atoms with Crippen LogP contribution >= 0.6 is 11.6 Å². The number of amides is 1. The van der Waals surface area contributed by atoms with Crippen molar-refractivity contribution in [3.63, 3.8) is 0 Å². The number of aryl methyl sites for hydroxylation is 2. The Bertz CT molecular complexity index is 1140. The Hall–Kier alpha value is -3.10. The molecule has 9 heteroatoms. The number of halogens is 1. The van der Waals surface area contributed by atoms with E-state index in [9.17, 15) is 4.79 Å². The monoisotopic (exact) mass is 438 g/mol. The van der Waals surface area contributed by atoms with E-state index in [2.05, 4.69) is 36.2 Å². The summed E-state index contributed by atoms with van der Waals surface area (Å²) >= 11 is 6.46. The molecule has 8 nitrogen and oxygen atoms in total. The highest BCUT2D eigenvalue weighted by molar-refractivity contribution is 6.33. The predicted octanol–water partition coefficient (Wildman–Crippen LogP) is 3.35. The average molecular weight is 439 g/mol. The van der Waals surface area contributed by atoms with Gasteiger partial charge in [0.2, 0.25) is 5.95 Å². The second-order valence-corrected chi connectivity index (χ2v) is 7.93. The quantitative estimate of drug-likeness (QED) is 0.652. The van der Waals surface area contributed by atoms with Crippen LogP contribution in [0.5, 0.6) is 0 Å². The van der Waals surface area contributed by atoms with Gasteiger partial charge in [-0.25, -0.2) is 15.0 Å². The van der Waals surface area contributed by atoms with Gasteiger partial charge in [-0.1, -0.05) is 17.7 Å². The van der Waals surface area contributed by atoms with Gasteiger partial charge in [-0.3, -0.25) is 15.1 Å². The largest absolute Gasteiger partial charge is 0.375 e. The lowest BCUT2D eigenvalue weighted by Gasteiger charge is -2.29. The second-order valence-electron chi connectivity index (χ2n) is 7.52. The molecular formula is C22H23ClN6O2. The van der Waals surface area contributed by atoms with Crippen molar-refractivity contribution in [2.45, 2.75) is 26.8 Å². The first-order valence-corrected chi connectivity index (χ1v) is 10.3. The highest BCUT2D eigenvalue weighted by Crippen LogP contribution is 2.32. The van der Waals surface area contributed by atoms with E-state index in [0.717, 1.165) is 46.0 Å². The van der Waals surface area contributed by atoms with E-state index in [1.54, 1.807) is 12.4 Å².